The van der Waals surface area contributed by atoms with Crippen molar-refractivity contribution in [2.75, 3.05) is 57.6 Å². The highest BCUT2D eigenvalue weighted by molar-refractivity contribution is 7.47. The second-order valence-electron chi connectivity index (χ2n) is 21.7. The van der Waals surface area contributed by atoms with Gasteiger partial charge in [-0.25, -0.2) is 9.36 Å². The molecule has 19 heteroatoms. The number of hydrogen-bond acceptors (Lipinski definition) is 14. The van der Waals surface area contributed by atoms with Gasteiger partial charge in [0.25, 0.3) is 0 Å². The lowest BCUT2D eigenvalue weighted by molar-refractivity contribution is -0.161. The Morgan fingerprint density at radius 3 is 1.57 bits per heavy atom. The van der Waals surface area contributed by atoms with Crippen LogP contribution in [0, 0.1) is 11.8 Å². The maximum absolute atomic E-state index is 13.4. The first-order chi connectivity index (χ1) is 40.0. The van der Waals surface area contributed by atoms with E-state index in [4.69, 9.17) is 28.0 Å². The number of carbonyl (C=O) groups is 5. The number of ether oxygens (including phenoxy) is 4. The molecule has 84 heavy (non-hydrogen) atoms. The Morgan fingerprint density at radius 2 is 1.01 bits per heavy atom. The summed E-state index contributed by atoms with van der Waals surface area (Å²) in [5.74, 6) is 4.98. The minimum absolute atomic E-state index is 0. The maximum Gasteiger partial charge on any atom is 0.472 e. The molecule has 478 valence electrons. The van der Waals surface area contributed by atoms with E-state index >= 15 is 0 Å². The molecule has 2 atom stereocenters. The van der Waals surface area contributed by atoms with Crippen molar-refractivity contribution in [3.8, 4) is 11.8 Å². The van der Waals surface area contributed by atoms with E-state index in [1.807, 2.05) is 48.5 Å². The van der Waals surface area contributed by atoms with Gasteiger partial charge < -0.3 is 51.7 Å². The van der Waals surface area contributed by atoms with Gasteiger partial charge in [0.05, 0.1) is 38.7 Å². The summed E-state index contributed by atoms with van der Waals surface area (Å²) in [7, 11) is -4.68. The minimum atomic E-state index is -4.68. The van der Waals surface area contributed by atoms with E-state index in [1.165, 1.54) is 141 Å². The molecule has 3 rings (SSSR count). The predicted octanol–water partition coefficient (Wildman–Crippen LogP) is 15.0. The maximum atomic E-state index is 13.4. The highest BCUT2D eigenvalue weighted by atomic mass is 31.2. The molecule has 0 aliphatic carbocycles. The number of alkyl carbamates (subject to hydrolysis) is 1. The molecule has 2 aromatic rings. The summed E-state index contributed by atoms with van der Waals surface area (Å²) < 4.78 is 44.6. The quantitative estimate of drug-likeness (QED) is 0.0135. The minimum Gasteiger partial charge on any atom is -0.462 e. The topological polar surface area (TPSA) is 275 Å². The number of phosphoric ester groups is 1. The molecule has 1 unspecified atom stereocenters. The van der Waals surface area contributed by atoms with Gasteiger partial charge in [0.1, 0.15) is 13.2 Å². The average molecular weight is 1200 g/mol. The second kappa shape index (κ2) is 51.4. The largest absolute Gasteiger partial charge is 0.472 e. The molecule has 0 bridgehead atoms. The van der Waals surface area contributed by atoms with Gasteiger partial charge in [0.2, 0.25) is 11.8 Å². The Labute approximate surface area is 505 Å². The van der Waals surface area contributed by atoms with Crippen LogP contribution in [0.2, 0.25) is 0 Å². The highest BCUT2D eigenvalue weighted by Gasteiger charge is 2.27. The molecule has 2 aromatic carbocycles. The van der Waals surface area contributed by atoms with Crippen LogP contribution in [-0.2, 0) is 58.3 Å². The van der Waals surface area contributed by atoms with E-state index < -0.39 is 45.2 Å². The molecule has 0 spiro atoms. The molecule has 0 saturated carbocycles. The van der Waals surface area contributed by atoms with Crippen molar-refractivity contribution in [3.63, 3.8) is 0 Å². The average Bonchev–Trinajstić information content (AvgIpc) is 3.43. The number of benzene rings is 2. The van der Waals surface area contributed by atoms with Crippen molar-refractivity contribution < 1.29 is 61.4 Å². The second-order valence-corrected chi connectivity index (χ2v) is 23.2. The summed E-state index contributed by atoms with van der Waals surface area (Å²) in [5, 5.41) is 5.16. The third-order valence-corrected chi connectivity index (χ3v) is 15.5. The zero-order chi connectivity index (χ0) is 59.0. The third-order valence-electron chi connectivity index (χ3n) is 14.5. The summed E-state index contributed by atoms with van der Waals surface area (Å²) in [4.78, 5) is 75.9. The number of anilines is 1. The van der Waals surface area contributed by atoms with Gasteiger partial charge >= 0.3 is 25.9 Å². The van der Waals surface area contributed by atoms with Crippen molar-refractivity contribution in [3.05, 3.63) is 65.2 Å². The summed E-state index contributed by atoms with van der Waals surface area (Å²) in [6, 6.07) is 15.2. The van der Waals surface area contributed by atoms with Crippen LogP contribution in [-0.4, -0.2) is 93.6 Å². The number of para-hydroxylation sites is 1. The first-order valence-electron chi connectivity index (χ1n) is 31.7. The van der Waals surface area contributed by atoms with Gasteiger partial charge in [0, 0.05) is 49.9 Å². The number of hydrogen-bond donors (Lipinski definition) is 5. The van der Waals surface area contributed by atoms with E-state index in [9.17, 15) is 33.4 Å². The molecule has 0 radical (unpaired) electrons. The smallest absolute Gasteiger partial charge is 0.462 e. The molecule has 18 nitrogen and oxygen atoms in total. The fraction of sp³-hybridized carbons (Fsp3) is 0.708. The number of rotatable bonds is 51. The molecule has 0 saturated heterocycles. The van der Waals surface area contributed by atoms with E-state index in [0.717, 1.165) is 60.9 Å². The standard InChI is InChI=1S/C65H104N3O13P.2H3N/c1-3-5-7-9-11-13-15-17-19-21-23-25-27-29-31-41-63(71)78-54-59(81-64(72)42-32-30-28-26-24-22-20-18-16-14-12-10-8-6-4-2)55-80-82(74,75)79-50-48-67-65(73)77-52-51-76-49-46-61(69)66-47-45-62(70)68-53-58-39-34-33-37-56(58)43-44-57-38-35-36-40-60(57)68;;/h33-40,59H,3-32,41-42,45-55H2,1-2H3,(H,66,69)(H,67,73)(H,74,75);2*1H3/t59-;;/m1../s1. The molecule has 9 N–H and O–H groups in total. The molecule has 1 heterocycles. The Kier molecular flexibility index (Phi) is 47.2. The Hall–Kier alpha value is -4.86. The summed E-state index contributed by atoms with van der Waals surface area (Å²) in [5.41, 5.74) is 3.27. The number of amides is 3. The van der Waals surface area contributed by atoms with E-state index in [2.05, 4.69) is 36.3 Å². The number of nitrogens with zero attached hydrogens (tertiary/aromatic N) is 1. The zero-order valence-corrected chi connectivity index (χ0v) is 52.7. The van der Waals surface area contributed by atoms with Crippen molar-refractivity contribution in [2.24, 2.45) is 0 Å². The fourth-order valence-corrected chi connectivity index (χ4v) is 10.4. The van der Waals surface area contributed by atoms with Crippen LogP contribution in [0.5, 0.6) is 0 Å². The molecular formula is C65H110N5O13P. The SMILES string of the molecule is CCCCCCCCCCCCCCCCCC(=O)OC[C@H](COP(=O)(O)OCCNC(=O)OCCOCCC(=O)NCCC(=O)N1Cc2ccccc2C#Cc2ccccc21)OC(=O)CCCCCCCCCCCCCCCCC.N.N. The van der Waals surface area contributed by atoms with Crippen LogP contribution in [0.25, 0.3) is 0 Å². The van der Waals surface area contributed by atoms with Gasteiger partial charge in [-0.1, -0.05) is 236 Å². The van der Waals surface area contributed by atoms with Gasteiger partial charge in [-0.3, -0.25) is 28.2 Å². The predicted molar refractivity (Wildman–Crippen MR) is 334 cm³/mol. The van der Waals surface area contributed by atoms with Crippen molar-refractivity contribution >= 4 is 43.4 Å². The van der Waals surface area contributed by atoms with Gasteiger partial charge in [0.15, 0.2) is 6.10 Å². The van der Waals surface area contributed by atoms with Crippen LogP contribution in [0.1, 0.15) is 249 Å². The summed E-state index contributed by atoms with van der Waals surface area (Å²) in [6.45, 7) is 3.44. The summed E-state index contributed by atoms with van der Waals surface area (Å²) in [6.07, 6.45) is 34.8. The lowest BCUT2D eigenvalue weighted by Crippen LogP contribution is -2.35. The monoisotopic (exact) mass is 1200 g/mol. The molecule has 1 aliphatic heterocycles. The number of phosphoric acid groups is 1. The number of esters is 2. The molecule has 1 aliphatic rings. The Morgan fingerprint density at radius 1 is 0.524 bits per heavy atom. The number of nitrogens with one attached hydrogen (secondary N) is 2. The molecular weight excluding hydrogens is 1090 g/mol. The van der Waals surface area contributed by atoms with E-state index in [-0.39, 0.29) is 89.3 Å². The number of unbranched alkanes of at least 4 members (excludes halogenated alkanes) is 28. The van der Waals surface area contributed by atoms with Crippen molar-refractivity contribution in [1.82, 2.24) is 22.9 Å². The van der Waals surface area contributed by atoms with E-state index in [0.29, 0.717) is 19.4 Å². The van der Waals surface area contributed by atoms with Gasteiger partial charge in [-0.2, -0.15) is 0 Å². The molecule has 0 fully saturated rings. The van der Waals surface area contributed by atoms with Crippen molar-refractivity contribution in [1.29, 1.82) is 0 Å². The van der Waals surface area contributed by atoms with E-state index in [1.54, 1.807) is 4.90 Å². The van der Waals surface area contributed by atoms with Crippen LogP contribution in [0.15, 0.2) is 48.5 Å². The number of fused-ring (bicyclic) bond motifs is 2. The van der Waals surface area contributed by atoms with Crippen molar-refractivity contribution in [2.45, 2.75) is 245 Å². The lowest BCUT2D eigenvalue weighted by atomic mass is 10.0. The van der Waals surface area contributed by atoms with Crippen LogP contribution >= 0.6 is 7.82 Å². The number of carbonyl (C=O) groups excluding carboxylic acids is 5. The first-order valence-corrected chi connectivity index (χ1v) is 33.2. The Balaban J connectivity index is 0.0000176. The fourth-order valence-electron chi connectivity index (χ4n) is 9.68. The molecule has 3 amide bonds. The Bertz CT molecular complexity index is 2170. The zero-order valence-electron chi connectivity index (χ0n) is 51.8. The van der Waals surface area contributed by atoms with Crippen LogP contribution < -0.4 is 27.8 Å². The van der Waals surface area contributed by atoms with Gasteiger partial charge in [-0.15, -0.1) is 0 Å². The highest BCUT2D eigenvalue weighted by Crippen LogP contribution is 2.43. The first kappa shape index (κ1) is 77.2. The lowest BCUT2D eigenvalue weighted by Gasteiger charge is -2.26. The summed E-state index contributed by atoms with van der Waals surface area (Å²) >= 11 is 0. The normalized spacial score (nSPS) is 12.5. The molecule has 0 aromatic heterocycles. The third kappa shape index (κ3) is 39.7. The van der Waals surface area contributed by atoms with Crippen LogP contribution in [0.4, 0.5) is 10.5 Å². The van der Waals surface area contributed by atoms with Crippen LogP contribution in [0.3, 0.4) is 0 Å². The van der Waals surface area contributed by atoms with Gasteiger partial charge in [-0.05, 0) is 36.6 Å².